The Morgan fingerprint density at radius 2 is 0.594 bits per heavy atom. The van der Waals surface area contributed by atoms with Crippen molar-refractivity contribution < 1.29 is 0 Å². The third kappa shape index (κ3) is 9.88. The van der Waals surface area contributed by atoms with E-state index in [0.717, 1.165) is 80.1 Å². The predicted octanol–water partition coefficient (Wildman–Crippen LogP) is 18.7. The van der Waals surface area contributed by atoms with Crippen LogP contribution in [-0.4, -0.2) is 0 Å². The minimum Gasteiger partial charge on any atom is -0.311 e. The summed E-state index contributed by atoms with van der Waals surface area (Å²) in [5, 5.41) is 0. The Hall–Kier alpha value is -8.34. The lowest BCUT2D eigenvalue weighted by atomic mass is 9.94. The number of hydrogen-bond donors (Lipinski definition) is 0. The summed E-state index contributed by atoms with van der Waals surface area (Å²) in [5.41, 5.74) is 20.8. The Kier molecular flexibility index (Phi) is 12.8. The molecule has 10 rings (SSSR count). The van der Waals surface area contributed by atoms with Crippen molar-refractivity contribution in [2.45, 2.75) is 41.0 Å². The molecule has 1 aliphatic carbocycles. The summed E-state index contributed by atoms with van der Waals surface area (Å²) in [6.07, 6.45) is 5.83. The van der Waals surface area contributed by atoms with Gasteiger partial charge in [0.2, 0.25) is 0 Å². The Bertz CT molecular complexity index is 3180. The number of para-hydroxylation sites is 2. The van der Waals surface area contributed by atoms with Crippen LogP contribution in [0.15, 0.2) is 254 Å². The molecule has 9 aromatic rings. The normalized spacial score (nSPS) is 13.3. The van der Waals surface area contributed by atoms with Crippen molar-refractivity contribution in [2.75, 3.05) is 19.6 Å². The maximum Gasteiger partial charge on any atom is 0.0464 e. The molecule has 0 spiro atoms. The van der Waals surface area contributed by atoms with Crippen molar-refractivity contribution in [1.82, 2.24) is 0 Å². The number of nitrogens with zero attached hydrogens (tertiary/aromatic N) is 4. The molecule has 1 atom stereocenters. The Labute approximate surface area is 409 Å². The smallest absolute Gasteiger partial charge is 0.0464 e. The van der Waals surface area contributed by atoms with E-state index in [1.165, 1.54) is 28.0 Å². The van der Waals surface area contributed by atoms with Gasteiger partial charge in [-0.2, -0.15) is 0 Å². The fourth-order valence-electron chi connectivity index (χ4n) is 9.71. The van der Waals surface area contributed by atoms with E-state index in [4.69, 9.17) is 0 Å². The average Bonchev–Trinajstić information content (AvgIpc) is 3.36. The van der Waals surface area contributed by atoms with E-state index < -0.39 is 0 Å². The Morgan fingerprint density at radius 1 is 0.304 bits per heavy atom. The summed E-state index contributed by atoms with van der Waals surface area (Å²) in [7, 11) is 0. The summed E-state index contributed by atoms with van der Waals surface area (Å²) < 4.78 is 0. The molecule has 0 radical (unpaired) electrons. The van der Waals surface area contributed by atoms with Crippen LogP contribution >= 0.6 is 0 Å². The molecule has 0 aliphatic heterocycles. The van der Waals surface area contributed by atoms with Gasteiger partial charge in [0.1, 0.15) is 0 Å². The van der Waals surface area contributed by atoms with Crippen molar-refractivity contribution in [3.05, 3.63) is 271 Å². The van der Waals surface area contributed by atoms with Crippen LogP contribution in [0.3, 0.4) is 0 Å². The van der Waals surface area contributed by atoms with Crippen LogP contribution in [0.2, 0.25) is 0 Å². The molecule has 0 saturated carbocycles. The lowest BCUT2D eigenvalue weighted by Gasteiger charge is -2.31. The second-order valence-corrected chi connectivity index (χ2v) is 18.4. The minimum absolute atomic E-state index is 0.478. The SMILES string of the molecule is CC1=CC(N(c2ccc(N(c3ccccc3)c3ccc(-c4ccc(N(c5ccccc5)c5ccc(N(c6cccc(C)c6)c6cccc(C)c6)cc5)cc4)cc3)cc2)c2cccc(C)c2)=CC(C)C1. The van der Waals surface area contributed by atoms with Crippen LogP contribution in [0, 0.1) is 26.7 Å². The zero-order chi connectivity index (χ0) is 47.3. The Balaban J connectivity index is 0.937. The van der Waals surface area contributed by atoms with Crippen molar-refractivity contribution in [1.29, 1.82) is 0 Å². The molecule has 1 unspecified atom stereocenters. The summed E-state index contributed by atoms with van der Waals surface area (Å²) in [6.45, 7) is 11.0. The molecule has 9 aromatic carbocycles. The van der Waals surface area contributed by atoms with E-state index >= 15 is 0 Å². The predicted molar refractivity (Wildman–Crippen MR) is 294 cm³/mol. The van der Waals surface area contributed by atoms with Crippen LogP contribution in [0.4, 0.5) is 62.6 Å². The zero-order valence-corrected chi connectivity index (χ0v) is 40.2. The van der Waals surface area contributed by atoms with Gasteiger partial charge in [0.05, 0.1) is 0 Å². The second kappa shape index (κ2) is 19.9. The van der Waals surface area contributed by atoms with Gasteiger partial charge in [0.15, 0.2) is 0 Å². The molecule has 0 amide bonds. The number of aryl methyl sites for hydroxylation is 3. The number of hydrogen-bond acceptors (Lipinski definition) is 4. The monoisotopic (exact) mass is 894 g/mol. The van der Waals surface area contributed by atoms with Gasteiger partial charge >= 0.3 is 0 Å². The molecule has 4 heteroatoms. The highest BCUT2D eigenvalue weighted by atomic mass is 15.2. The summed E-state index contributed by atoms with van der Waals surface area (Å²) >= 11 is 0. The fraction of sp³-hybridized carbons (Fsp3) is 0.108. The Morgan fingerprint density at radius 3 is 0.942 bits per heavy atom. The third-order valence-corrected chi connectivity index (χ3v) is 12.9. The molecule has 1 aliphatic rings. The van der Waals surface area contributed by atoms with Crippen LogP contribution in [0.5, 0.6) is 0 Å². The summed E-state index contributed by atoms with van der Waals surface area (Å²) in [4.78, 5) is 9.39. The standard InChI is InChI=1S/C65H58N4/c1-47-15-12-22-62(42-47)68(63-23-13-16-48(2)43-63)60-37-33-58(34-38-60)66(54-18-8-6-9-19-54)56-29-25-52(26-30-56)53-27-31-57(32-28-53)67(55-20-10-7-11-21-55)59-35-39-61(40-36-59)69(64-24-14-17-49(3)44-64)65-45-50(4)41-51(5)46-65/h6-40,42-46,50H,41H2,1-5H3. The minimum atomic E-state index is 0.478. The van der Waals surface area contributed by atoms with Crippen LogP contribution in [0.1, 0.15) is 37.0 Å². The highest BCUT2D eigenvalue weighted by Crippen LogP contribution is 2.42. The van der Waals surface area contributed by atoms with E-state index in [0.29, 0.717) is 5.92 Å². The lowest BCUT2D eigenvalue weighted by Crippen LogP contribution is -2.19. The van der Waals surface area contributed by atoms with Gasteiger partial charge in [-0.3, -0.25) is 0 Å². The van der Waals surface area contributed by atoms with Gasteiger partial charge in [-0.1, -0.05) is 116 Å². The molecule has 0 bridgehead atoms. The largest absolute Gasteiger partial charge is 0.311 e. The van der Waals surface area contributed by atoms with E-state index in [2.05, 4.69) is 297 Å². The first kappa shape index (κ1) is 44.5. The first-order valence-electron chi connectivity index (χ1n) is 24.0. The van der Waals surface area contributed by atoms with Gasteiger partial charge in [0, 0.05) is 68.3 Å². The summed E-state index contributed by atoms with van der Waals surface area (Å²) in [5.74, 6) is 0.478. The third-order valence-electron chi connectivity index (χ3n) is 12.9. The first-order chi connectivity index (χ1) is 33.7. The number of allylic oxidation sites excluding steroid dienone is 3. The first-order valence-corrected chi connectivity index (χ1v) is 24.0. The van der Waals surface area contributed by atoms with Crippen molar-refractivity contribution in [3.8, 4) is 11.1 Å². The van der Waals surface area contributed by atoms with Crippen molar-refractivity contribution in [2.24, 2.45) is 5.92 Å². The molecule has 0 aromatic heterocycles. The van der Waals surface area contributed by atoms with Gasteiger partial charge in [-0.25, -0.2) is 0 Å². The van der Waals surface area contributed by atoms with Crippen LogP contribution < -0.4 is 19.6 Å². The fourth-order valence-corrected chi connectivity index (χ4v) is 9.71. The lowest BCUT2D eigenvalue weighted by molar-refractivity contribution is 0.697. The average molecular weight is 895 g/mol. The maximum absolute atomic E-state index is 2.40. The summed E-state index contributed by atoms with van der Waals surface area (Å²) in [6, 6.07) is 83.3. The van der Waals surface area contributed by atoms with Gasteiger partial charge in [0.25, 0.3) is 0 Å². The van der Waals surface area contributed by atoms with Crippen molar-refractivity contribution in [3.63, 3.8) is 0 Å². The number of anilines is 11. The number of benzene rings is 9. The molecule has 0 fully saturated rings. The molecule has 338 valence electrons. The van der Waals surface area contributed by atoms with Gasteiger partial charge < -0.3 is 19.6 Å². The second-order valence-electron chi connectivity index (χ2n) is 18.4. The van der Waals surface area contributed by atoms with Gasteiger partial charge in [-0.15, -0.1) is 0 Å². The molecule has 0 N–H and O–H groups in total. The van der Waals surface area contributed by atoms with E-state index in [1.807, 2.05) is 0 Å². The zero-order valence-electron chi connectivity index (χ0n) is 40.2. The molecule has 0 saturated heterocycles. The maximum atomic E-state index is 2.40. The molecular weight excluding hydrogens is 837 g/mol. The molecule has 69 heavy (non-hydrogen) atoms. The van der Waals surface area contributed by atoms with Crippen LogP contribution in [-0.2, 0) is 0 Å². The van der Waals surface area contributed by atoms with E-state index in [9.17, 15) is 0 Å². The van der Waals surface area contributed by atoms with E-state index in [1.54, 1.807) is 0 Å². The van der Waals surface area contributed by atoms with E-state index in [-0.39, 0.29) is 0 Å². The highest BCUT2D eigenvalue weighted by molar-refractivity contribution is 5.84. The van der Waals surface area contributed by atoms with Gasteiger partial charge in [-0.05, 0) is 207 Å². The molecule has 0 heterocycles. The molecule has 4 nitrogen and oxygen atoms in total. The highest BCUT2D eigenvalue weighted by Gasteiger charge is 2.21. The van der Waals surface area contributed by atoms with Crippen molar-refractivity contribution >= 4 is 62.6 Å². The number of rotatable bonds is 13. The van der Waals surface area contributed by atoms with Crippen LogP contribution in [0.25, 0.3) is 11.1 Å². The topological polar surface area (TPSA) is 13.0 Å². The molecular formula is C65H58N4. The quantitative estimate of drug-likeness (QED) is 0.114.